The quantitative estimate of drug-likeness (QED) is 0.280. The first kappa shape index (κ1) is 21.0. The lowest BCUT2D eigenvalue weighted by atomic mass is 10.1. The van der Waals surface area contributed by atoms with Crippen molar-refractivity contribution < 1.29 is 0 Å². The fraction of sp³-hybridized carbons (Fsp3) is 0.938. The zero-order chi connectivity index (χ0) is 14.6. The second-order valence-electron chi connectivity index (χ2n) is 5.97. The Bertz CT molecular complexity index is 265. The van der Waals surface area contributed by atoms with Crippen molar-refractivity contribution in [2.75, 3.05) is 39.3 Å². The summed E-state index contributed by atoms with van der Waals surface area (Å²) >= 11 is 0. The van der Waals surface area contributed by atoms with Crippen molar-refractivity contribution >= 4 is 29.9 Å². The number of hydrogen-bond donors (Lipinski definition) is 2. The van der Waals surface area contributed by atoms with E-state index in [1.165, 1.54) is 51.7 Å². The van der Waals surface area contributed by atoms with Gasteiger partial charge in [0.15, 0.2) is 5.96 Å². The van der Waals surface area contributed by atoms with Gasteiger partial charge in [-0.3, -0.25) is 4.99 Å². The first-order valence-electron chi connectivity index (χ1n) is 8.50. The van der Waals surface area contributed by atoms with Crippen LogP contribution in [-0.4, -0.2) is 50.1 Å². The number of nitrogens with one attached hydrogen (secondary N) is 2. The van der Waals surface area contributed by atoms with Crippen LogP contribution in [0.25, 0.3) is 0 Å². The number of aliphatic imine (C=N–C) groups is 1. The number of nitrogens with zero attached hydrogens (tertiary/aromatic N) is 2. The minimum absolute atomic E-state index is 0. The summed E-state index contributed by atoms with van der Waals surface area (Å²) in [6.07, 6.45) is 6.58. The van der Waals surface area contributed by atoms with Gasteiger partial charge < -0.3 is 15.5 Å². The molecule has 1 saturated heterocycles. The first-order chi connectivity index (χ1) is 9.76. The van der Waals surface area contributed by atoms with Gasteiger partial charge in [0.1, 0.15) is 0 Å². The molecule has 1 aliphatic rings. The summed E-state index contributed by atoms with van der Waals surface area (Å²) < 4.78 is 0. The second-order valence-corrected chi connectivity index (χ2v) is 5.97. The Morgan fingerprint density at radius 3 is 2.48 bits per heavy atom. The van der Waals surface area contributed by atoms with Gasteiger partial charge in [0.25, 0.3) is 0 Å². The molecule has 4 nitrogen and oxygen atoms in total. The fourth-order valence-corrected chi connectivity index (χ4v) is 2.61. The Morgan fingerprint density at radius 2 is 1.86 bits per heavy atom. The molecular weight excluding hydrogens is 375 g/mol. The minimum Gasteiger partial charge on any atom is -0.357 e. The van der Waals surface area contributed by atoms with Gasteiger partial charge in [-0.15, -0.1) is 24.0 Å². The Labute approximate surface area is 148 Å². The SMILES string of the molecule is CCCCNC(=NCC(C)CN1CCCCC1)NCC.I. The molecule has 0 aromatic rings. The van der Waals surface area contributed by atoms with Crippen molar-refractivity contribution in [1.29, 1.82) is 0 Å². The molecule has 1 atom stereocenters. The zero-order valence-corrected chi connectivity index (χ0v) is 16.5. The van der Waals surface area contributed by atoms with Gasteiger partial charge in [0, 0.05) is 26.2 Å². The predicted molar refractivity (Wildman–Crippen MR) is 104 cm³/mol. The van der Waals surface area contributed by atoms with E-state index in [1.807, 2.05) is 0 Å². The maximum atomic E-state index is 4.72. The second kappa shape index (κ2) is 13.6. The van der Waals surface area contributed by atoms with Crippen molar-refractivity contribution in [1.82, 2.24) is 15.5 Å². The highest BCUT2D eigenvalue weighted by Gasteiger charge is 2.13. The monoisotopic (exact) mass is 410 g/mol. The lowest BCUT2D eigenvalue weighted by Gasteiger charge is -2.28. The number of likely N-dealkylation sites (tertiary alicyclic amines) is 1. The highest BCUT2D eigenvalue weighted by Crippen LogP contribution is 2.10. The molecule has 0 radical (unpaired) electrons. The van der Waals surface area contributed by atoms with Crippen molar-refractivity contribution in [2.24, 2.45) is 10.9 Å². The number of hydrogen-bond acceptors (Lipinski definition) is 2. The maximum Gasteiger partial charge on any atom is 0.191 e. The zero-order valence-electron chi connectivity index (χ0n) is 14.2. The van der Waals surface area contributed by atoms with E-state index in [0.717, 1.165) is 25.6 Å². The molecule has 0 aromatic heterocycles. The molecule has 1 aliphatic heterocycles. The standard InChI is InChI=1S/C16H34N4.HI/c1-4-6-10-18-16(17-5-2)19-13-15(3)14-20-11-8-7-9-12-20;/h15H,4-14H2,1-3H3,(H2,17,18,19);1H. The molecular formula is C16H35IN4. The third-order valence-electron chi connectivity index (χ3n) is 3.75. The third kappa shape index (κ3) is 10.3. The number of halogens is 1. The van der Waals surface area contributed by atoms with Crippen LogP contribution in [0.1, 0.15) is 52.9 Å². The molecule has 0 aliphatic carbocycles. The summed E-state index contributed by atoms with van der Waals surface area (Å²) in [6.45, 7) is 13.3. The molecule has 2 N–H and O–H groups in total. The third-order valence-corrected chi connectivity index (χ3v) is 3.75. The van der Waals surface area contributed by atoms with Crippen molar-refractivity contribution in [3.05, 3.63) is 0 Å². The molecule has 1 unspecified atom stereocenters. The largest absolute Gasteiger partial charge is 0.357 e. The summed E-state index contributed by atoms with van der Waals surface area (Å²) in [4.78, 5) is 7.32. The molecule has 0 aromatic carbocycles. The normalized spacial score (nSPS) is 18.0. The highest BCUT2D eigenvalue weighted by atomic mass is 127. The minimum atomic E-state index is 0. The average molecular weight is 410 g/mol. The van der Waals surface area contributed by atoms with Crippen LogP contribution in [0.2, 0.25) is 0 Å². The molecule has 1 rings (SSSR count). The van der Waals surface area contributed by atoms with E-state index in [4.69, 9.17) is 4.99 Å². The van der Waals surface area contributed by atoms with E-state index in [9.17, 15) is 0 Å². The van der Waals surface area contributed by atoms with Gasteiger partial charge in [-0.25, -0.2) is 0 Å². The van der Waals surface area contributed by atoms with Crippen LogP contribution in [0.15, 0.2) is 4.99 Å². The van der Waals surface area contributed by atoms with Gasteiger partial charge in [-0.2, -0.15) is 0 Å². The summed E-state index contributed by atoms with van der Waals surface area (Å²) in [5.74, 6) is 1.61. The summed E-state index contributed by atoms with van der Waals surface area (Å²) in [5, 5.41) is 6.73. The number of unbranched alkanes of at least 4 members (excludes halogenated alkanes) is 1. The van der Waals surface area contributed by atoms with Gasteiger partial charge in [-0.1, -0.05) is 26.7 Å². The van der Waals surface area contributed by atoms with E-state index in [-0.39, 0.29) is 24.0 Å². The van der Waals surface area contributed by atoms with E-state index < -0.39 is 0 Å². The number of rotatable bonds is 8. The summed E-state index contributed by atoms with van der Waals surface area (Å²) in [7, 11) is 0. The molecule has 0 spiro atoms. The Hall–Kier alpha value is -0.0400. The van der Waals surface area contributed by atoms with Crippen LogP contribution < -0.4 is 10.6 Å². The smallest absolute Gasteiger partial charge is 0.191 e. The number of piperidine rings is 1. The molecule has 0 saturated carbocycles. The van der Waals surface area contributed by atoms with E-state index >= 15 is 0 Å². The molecule has 1 fully saturated rings. The lowest BCUT2D eigenvalue weighted by Crippen LogP contribution is -2.39. The molecule has 21 heavy (non-hydrogen) atoms. The topological polar surface area (TPSA) is 39.7 Å². The van der Waals surface area contributed by atoms with Crippen molar-refractivity contribution in [2.45, 2.75) is 52.9 Å². The maximum absolute atomic E-state index is 4.72. The van der Waals surface area contributed by atoms with Gasteiger partial charge in [0.05, 0.1) is 0 Å². The summed E-state index contributed by atoms with van der Waals surface area (Å²) in [5.41, 5.74) is 0. The molecule has 0 amide bonds. The lowest BCUT2D eigenvalue weighted by molar-refractivity contribution is 0.203. The predicted octanol–water partition coefficient (Wildman–Crippen LogP) is 3.08. The molecule has 0 bridgehead atoms. The van der Waals surface area contributed by atoms with Crippen LogP contribution in [-0.2, 0) is 0 Å². The molecule has 1 heterocycles. The van der Waals surface area contributed by atoms with Crippen LogP contribution in [0.3, 0.4) is 0 Å². The van der Waals surface area contributed by atoms with E-state index in [0.29, 0.717) is 5.92 Å². The molecule has 126 valence electrons. The van der Waals surface area contributed by atoms with Crippen LogP contribution in [0.5, 0.6) is 0 Å². The first-order valence-corrected chi connectivity index (χ1v) is 8.50. The molecule has 5 heteroatoms. The van der Waals surface area contributed by atoms with Crippen LogP contribution in [0.4, 0.5) is 0 Å². The van der Waals surface area contributed by atoms with Gasteiger partial charge in [0.2, 0.25) is 0 Å². The Morgan fingerprint density at radius 1 is 1.14 bits per heavy atom. The summed E-state index contributed by atoms with van der Waals surface area (Å²) in [6, 6.07) is 0. The van der Waals surface area contributed by atoms with Crippen LogP contribution >= 0.6 is 24.0 Å². The van der Waals surface area contributed by atoms with E-state index in [1.54, 1.807) is 0 Å². The van der Waals surface area contributed by atoms with Gasteiger partial charge >= 0.3 is 0 Å². The van der Waals surface area contributed by atoms with E-state index in [2.05, 4.69) is 36.3 Å². The van der Waals surface area contributed by atoms with Crippen LogP contribution in [0, 0.1) is 5.92 Å². The van der Waals surface area contributed by atoms with Crippen molar-refractivity contribution in [3.63, 3.8) is 0 Å². The Kier molecular flexibility index (Phi) is 13.6. The van der Waals surface area contributed by atoms with Crippen molar-refractivity contribution in [3.8, 4) is 0 Å². The fourth-order valence-electron chi connectivity index (χ4n) is 2.61. The Balaban J connectivity index is 0.00000400. The highest BCUT2D eigenvalue weighted by molar-refractivity contribution is 14.0. The number of guanidine groups is 1. The average Bonchev–Trinajstić information content (AvgIpc) is 2.46. The van der Waals surface area contributed by atoms with Gasteiger partial charge in [-0.05, 0) is 45.2 Å².